The summed E-state index contributed by atoms with van der Waals surface area (Å²) in [5.74, 6) is -1.55. The monoisotopic (exact) mass is 402 g/mol. The van der Waals surface area contributed by atoms with E-state index in [0.717, 1.165) is 23.1 Å². The minimum Gasteiger partial charge on any atom is -0.384 e. The molecule has 0 fully saturated rings. The molecule has 3 N–H and O–H groups in total. The van der Waals surface area contributed by atoms with Crippen LogP contribution in [0.15, 0.2) is 78.9 Å². The molecule has 3 aromatic carbocycles. The molecule has 3 rings (SSSR count). The zero-order chi connectivity index (χ0) is 21.6. The number of benzene rings is 3. The fourth-order valence-electron chi connectivity index (χ4n) is 3.22. The molecule has 0 saturated carbocycles. The predicted octanol–water partition coefficient (Wildman–Crippen LogP) is 3.88. The highest BCUT2D eigenvalue weighted by atomic mass is 16.3. The normalized spacial score (nSPS) is 12.6. The first-order valence-electron chi connectivity index (χ1n) is 9.96. The molecular formula is C25H26N2O3. The summed E-state index contributed by atoms with van der Waals surface area (Å²) in [6.07, 6.45) is 0.742. The van der Waals surface area contributed by atoms with Crippen molar-refractivity contribution in [2.75, 3.05) is 11.9 Å². The molecule has 3 aromatic rings. The van der Waals surface area contributed by atoms with Crippen LogP contribution >= 0.6 is 0 Å². The fraction of sp³-hybridized carbons (Fsp3) is 0.200. The van der Waals surface area contributed by atoms with E-state index < -0.39 is 17.4 Å². The Morgan fingerprint density at radius 2 is 1.43 bits per heavy atom. The lowest BCUT2D eigenvalue weighted by atomic mass is 9.93. The molecule has 0 spiro atoms. The first-order valence-corrected chi connectivity index (χ1v) is 9.96. The van der Waals surface area contributed by atoms with Gasteiger partial charge in [0.1, 0.15) is 5.60 Å². The van der Waals surface area contributed by atoms with Gasteiger partial charge in [0.05, 0.1) is 6.54 Å². The van der Waals surface area contributed by atoms with E-state index in [1.807, 2.05) is 73.7 Å². The maximum atomic E-state index is 12.2. The summed E-state index contributed by atoms with van der Waals surface area (Å²) in [7, 11) is 0. The molecule has 0 heterocycles. The van der Waals surface area contributed by atoms with Gasteiger partial charge in [0, 0.05) is 5.69 Å². The highest BCUT2D eigenvalue weighted by Gasteiger charge is 2.25. The van der Waals surface area contributed by atoms with Crippen molar-refractivity contribution in [1.29, 1.82) is 0 Å². The molecule has 0 aliphatic rings. The molecule has 0 aliphatic heterocycles. The van der Waals surface area contributed by atoms with E-state index in [9.17, 15) is 14.7 Å². The Labute approximate surface area is 176 Å². The standard InChI is InChI=1S/C25H26N2O3/c1-3-18-9-7-8-12-22(18)27-24(29)23(28)26-17-25(2,30)21-15-13-20(14-16-21)19-10-5-4-6-11-19/h4-16,30H,3,17H2,1-2H3,(H,26,28)(H,27,29). The van der Waals surface area contributed by atoms with E-state index in [4.69, 9.17) is 0 Å². The zero-order valence-electron chi connectivity index (χ0n) is 17.2. The minimum absolute atomic E-state index is 0.0840. The summed E-state index contributed by atoms with van der Waals surface area (Å²) >= 11 is 0. The number of carbonyl (C=O) groups excluding carboxylic acids is 2. The van der Waals surface area contributed by atoms with Crippen LogP contribution in [0.2, 0.25) is 0 Å². The summed E-state index contributed by atoms with van der Waals surface area (Å²) in [6.45, 7) is 3.50. The average molecular weight is 402 g/mol. The van der Waals surface area contributed by atoms with Crippen LogP contribution in [0.1, 0.15) is 25.0 Å². The van der Waals surface area contributed by atoms with Crippen LogP contribution in [0, 0.1) is 0 Å². The number of nitrogens with one attached hydrogen (secondary N) is 2. The van der Waals surface area contributed by atoms with Crippen LogP contribution in [-0.4, -0.2) is 23.5 Å². The van der Waals surface area contributed by atoms with E-state index in [2.05, 4.69) is 10.6 Å². The highest BCUT2D eigenvalue weighted by molar-refractivity contribution is 6.39. The Balaban J connectivity index is 1.61. The van der Waals surface area contributed by atoms with Gasteiger partial charge in [0.2, 0.25) is 0 Å². The number of hydrogen-bond acceptors (Lipinski definition) is 3. The van der Waals surface area contributed by atoms with Crippen molar-refractivity contribution in [3.8, 4) is 11.1 Å². The maximum absolute atomic E-state index is 12.2. The van der Waals surface area contributed by atoms with Gasteiger partial charge in [-0.1, -0.05) is 79.7 Å². The van der Waals surface area contributed by atoms with Gasteiger partial charge in [0.15, 0.2) is 0 Å². The van der Waals surface area contributed by atoms with Crippen molar-refractivity contribution in [3.05, 3.63) is 90.0 Å². The predicted molar refractivity (Wildman–Crippen MR) is 119 cm³/mol. The lowest BCUT2D eigenvalue weighted by Gasteiger charge is -2.24. The number of aryl methyl sites for hydroxylation is 1. The van der Waals surface area contributed by atoms with Gasteiger partial charge >= 0.3 is 11.8 Å². The third-order valence-electron chi connectivity index (χ3n) is 5.06. The molecule has 1 unspecified atom stereocenters. The van der Waals surface area contributed by atoms with Gasteiger partial charge in [-0.2, -0.15) is 0 Å². The van der Waals surface area contributed by atoms with Crippen LogP contribution in [-0.2, 0) is 21.6 Å². The molecule has 5 nitrogen and oxygen atoms in total. The topological polar surface area (TPSA) is 78.4 Å². The number of rotatable bonds is 6. The minimum atomic E-state index is -1.31. The summed E-state index contributed by atoms with van der Waals surface area (Å²) in [4.78, 5) is 24.5. The van der Waals surface area contributed by atoms with E-state index in [1.54, 1.807) is 19.1 Å². The first kappa shape index (κ1) is 21.3. The Kier molecular flexibility index (Phi) is 6.65. The summed E-state index contributed by atoms with van der Waals surface area (Å²) in [6, 6.07) is 24.8. The van der Waals surface area contributed by atoms with E-state index >= 15 is 0 Å². The molecule has 0 bridgehead atoms. The van der Waals surface area contributed by atoms with Gasteiger partial charge in [-0.3, -0.25) is 9.59 Å². The number of para-hydroxylation sites is 1. The molecule has 0 radical (unpaired) electrons. The third-order valence-corrected chi connectivity index (χ3v) is 5.06. The average Bonchev–Trinajstić information content (AvgIpc) is 2.78. The second-order valence-corrected chi connectivity index (χ2v) is 7.36. The summed E-state index contributed by atoms with van der Waals surface area (Å²) < 4.78 is 0. The number of anilines is 1. The Morgan fingerprint density at radius 1 is 0.833 bits per heavy atom. The number of amides is 2. The Bertz CT molecular complexity index is 1010. The SMILES string of the molecule is CCc1ccccc1NC(=O)C(=O)NCC(C)(O)c1ccc(-c2ccccc2)cc1. The van der Waals surface area contributed by atoms with E-state index in [-0.39, 0.29) is 6.54 Å². The van der Waals surface area contributed by atoms with Crippen LogP contribution in [0.3, 0.4) is 0 Å². The van der Waals surface area contributed by atoms with E-state index in [1.165, 1.54) is 0 Å². The van der Waals surface area contributed by atoms with Crippen LogP contribution in [0.4, 0.5) is 5.69 Å². The maximum Gasteiger partial charge on any atom is 0.313 e. The number of hydrogen-bond donors (Lipinski definition) is 3. The molecule has 0 aliphatic carbocycles. The quantitative estimate of drug-likeness (QED) is 0.548. The molecule has 0 aromatic heterocycles. The summed E-state index contributed by atoms with van der Waals surface area (Å²) in [5, 5.41) is 16.0. The zero-order valence-corrected chi connectivity index (χ0v) is 17.2. The second kappa shape index (κ2) is 9.37. The molecule has 30 heavy (non-hydrogen) atoms. The van der Waals surface area contributed by atoms with Crippen LogP contribution < -0.4 is 10.6 Å². The number of aliphatic hydroxyl groups is 1. The molecule has 2 amide bonds. The molecule has 154 valence electrons. The van der Waals surface area contributed by atoms with Crippen LogP contribution in [0.25, 0.3) is 11.1 Å². The summed E-state index contributed by atoms with van der Waals surface area (Å²) in [5.41, 5.74) is 3.02. The molecule has 1 atom stereocenters. The molecule has 0 saturated heterocycles. The van der Waals surface area contributed by atoms with Crippen molar-refractivity contribution in [2.24, 2.45) is 0 Å². The largest absolute Gasteiger partial charge is 0.384 e. The van der Waals surface area contributed by atoms with Crippen molar-refractivity contribution >= 4 is 17.5 Å². The van der Waals surface area contributed by atoms with Crippen molar-refractivity contribution in [3.63, 3.8) is 0 Å². The second-order valence-electron chi connectivity index (χ2n) is 7.36. The smallest absolute Gasteiger partial charge is 0.313 e. The van der Waals surface area contributed by atoms with Crippen molar-refractivity contribution in [1.82, 2.24) is 5.32 Å². The van der Waals surface area contributed by atoms with Crippen LogP contribution in [0.5, 0.6) is 0 Å². The van der Waals surface area contributed by atoms with Crippen molar-refractivity contribution < 1.29 is 14.7 Å². The van der Waals surface area contributed by atoms with Crippen molar-refractivity contribution in [2.45, 2.75) is 25.9 Å². The molecular weight excluding hydrogens is 376 g/mol. The van der Waals surface area contributed by atoms with Gasteiger partial charge in [-0.15, -0.1) is 0 Å². The Hall–Kier alpha value is -3.44. The highest BCUT2D eigenvalue weighted by Crippen LogP contribution is 2.25. The van der Waals surface area contributed by atoms with Gasteiger partial charge in [0.25, 0.3) is 0 Å². The van der Waals surface area contributed by atoms with Gasteiger partial charge in [-0.05, 0) is 41.7 Å². The van der Waals surface area contributed by atoms with Gasteiger partial charge < -0.3 is 15.7 Å². The Morgan fingerprint density at radius 3 is 2.10 bits per heavy atom. The van der Waals surface area contributed by atoms with Gasteiger partial charge in [-0.25, -0.2) is 0 Å². The third kappa shape index (κ3) is 5.13. The lowest BCUT2D eigenvalue weighted by Crippen LogP contribution is -2.43. The number of carbonyl (C=O) groups is 2. The lowest BCUT2D eigenvalue weighted by molar-refractivity contribution is -0.136. The molecule has 5 heteroatoms. The fourth-order valence-corrected chi connectivity index (χ4v) is 3.22. The first-order chi connectivity index (χ1) is 14.4. The van der Waals surface area contributed by atoms with E-state index in [0.29, 0.717) is 11.3 Å².